The van der Waals surface area contributed by atoms with Crippen molar-refractivity contribution in [1.82, 2.24) is 9.80 Å². The van der Waals surface area contributed by atoms with Crippen molar-refractivity contribution in [3.05, 3.63) is 0 Å². The molecule has 17 heavy (non-hydrogen) atoms. The lowest BCUT2D eigenvalue weighted by Gasteiger charge is -2.49. The Bertz CT molecular complexity index is 224. The lowest BCUT2D eigenvalue weighted by Crippen LogP contribution is -2.62. The number of aliphatic hydroxyl groups is 1. The quantitative estimate of drug-likeness (QED) is 0.800. The molecule has 0 saturated carbocycles. The van der Waals surface area contributed by atoms with Crippen LogP contribution < -0.4 is 0 Å². The molecule has 102 valence electrons. The van der Waals surface area contributed by atoms with Gasteiger partial charge in [0, 0.05) is 19.6 Å². The summed E-state index contributed by atoms with van der Waals surface area (Å²) >= 11 is 0. The molecule has 2 aliphatic heterocycles. The van der Waals surface area contributed by atoms with Gasteiger partial charge in [-0.3, -0.25) is 4.90 Å². The van der Waals surface area contributed by atoms with Crippen molar-refractivity contribution in [2.45, 2.75) is 46.1 Å². The van der Waals surface area contributed by atoms with Crippen molar-refractivity contribution in [3.63, 3.8) is 0 Å². The summed E-state index contributed by atoms with van der Waals surface area (Å²) in [7, 11) is 2.20. The van der Waals surface area contributed by atoms with Crippen LogP contribution in [0.3, 0.4) is 0 Å². The van der Waals surface area contributed by atoms with Crippen LogP contribution in [-0.4, -0.2) is 60.3 Å². The molecule has 2 heterocycles. The summed E-state index contributed by atoms with van der Waals surface area (Å²) in [6, 6.07) is 0. The molecule has 0 radical (unpaired) electrons. The topological polar surface area (TPSA) is 26.7 Å². The highest BCUT2D eigenvalue weighted by atomic mass is 16.3. The van der Waals surface area contributed by atoms with E-state index in [2.05, 4.69) is 23.8 Å². The van der Waals surface area contributed by atoms with Crippen molar-refractivity contribution in [1.29, 1.82) is 0 Å². The van der Waals surface area contributed by atoms with Gasteiger partial charge >= 0.3 is 0 Å². The number of hydrogen-bond acceptors (Lipinski definition) is 3. The zero-order valence-electron chi connectivity index (χ0n) is 12.3. The number of β-amino-alcohol motifs (C(OH)–C–C–N with tert-alkyl or cyclic N) is 1. The number of piperidine rings is 1. The molecule has 0 bridgehead atoms. The van der Waals surface area contributed by atoms with E-state index in [1.54, 1.807) is 0 Å². The Morgan fingerprint density at radius 2 is 1.53 bits per heavy atom. The molecule has 2 fully saturated rings. The monoisotopic (exact) mass is 242 g/mol. The van der Waals surface area contributed by atoms with Crippen LogP contribution >= 0.6 is 0 Å². The van der Waals surface area contributed by atoms with Crippen LogP contribution in [0.15, 0.2) is 0 Å². The van der Waals surface area contributed by atoms with Gasteiger partial charge in [0.2, 0.25) is 0 Å². The first-order valence-electron chi connectivity index (χ1n) is 7.02. The van der Waals surface area contributed by atoms with Gasteiger partial charge in [0.1, 0.15) is 0 Å². The van der Waals surface area contributed by atoms with E-state index < -0.39 is 5.60 Å². The number of hydrogen-bond donors (Lipinski definition) is 1. The van der Waals surface area contributed by atoms with Gasteiger partial charge in [-0.05, 0) is 45.3 Å². The summed E-state index contributed by atoms with van der Waals surface area (Å²) in [6.45, 7) is 13.7. The molecule has 3 nitrogen and oxygen atoms in total. The first-order chi connectivity index (χ1) is 7.89. The molecular weight excluding hydrogens is 212 g/mol. The fourth-order valence-corrected chi connectivity index (χ4v) is 2.89. The average molecular weight is 242 g/mol. The molecule has 0 atom stereocenters. The van der Waals surface area contributed by atoms with E-state index in [1.807, 2.05) is 20.8 Å². The van der Waals surface area contributed by atoms with Gasteiger partial charge < -0.3 is 10.0 Å². The Balaban J connectivity index is 0.000000686. The fraction of sp³-hybridized carbons (Fsp3) is 1.00. The van der Waals surface area contributed by atoms with E-state index in [9.17, 15) is 5.11 Å². The molecule has 0 amide bonds. The third-order valence-electron chi connectivity index (χ3n) is 3.93. The maximum atomic E-state index is 9.69. The molecule has 2 saturated heterocycles. The number of rotatable bonds is 2. The smallest absolute Gasteiger partial charge is 0.0872 e. The summed E-state index contributed by atoms with van der Waals surface area (Å²) in [5, 5.41) is 9.69. The van der Waals surface area contributed by atoms with Crippen LogP contribution in [0.25, 0.3) is 0 Å². The zero-order chi connectivity index (χ0) is 13.1. The molecule has 0 aromatic carbocycles. The van der Waals surface area contributed by atoms with E-state index in [1.165, 1.54) is 25.9 Å². The molecule has 1 N–H and O–H groups in total. The van der Waals surface area contributed by atoms with Crippen LogP contribution in [0.1, 0.15) is 40.5 Å². The summed E-state index contributed by atoms with van der Waals surface area (Å²) in [6.07, 6.45) is 2.59. The molecule has 0 aromatic rings. The molecule has 0 unspecified atom stereocenters. The minimum Gasteiger partial charge on any atom is -0.388 e. The van der Waals surface area contributed by atoms with Crippen molar-refractivity contribution < 1.29 is 5.11 Å². The maximum absolute atomic E-state index is 9.69. The standard InChI is InChI=1S/C12H24N2O.C2H6/c1-11(4-6-13(3)7-5-11)8-14-9-12(2,15)10-14;1-2/h15H,4-10H2,1-3H3;1-2H3. The highest BCUT2D eigenvalue weighted by molar-refractivity contribution is 4.95. The fourth-order valence-electron chi connectivity index (χ4n) is 2.89. The van der Waals surface area contributed by atoms with Gasteiger partial charge in [-0.15, -0.1) is 0 Å². The second-order valence-electron chi connectivity index (χ2n) is 6.26. The van der Waals surface area contributed by atoms with Crippen molar-refractivity contribution in [3.8, 4) is 0 Å². The van der Waals surface area contributed by atoms with Gasteiger partial charge in [0.15, 0.2) is 0 Å². The van der Waals surface area contributed by atoms with Gasteiger partial charge in [0.25, 0.3) is 0 Å². The number of nitrogens with zero attached hydrogens (tertiary/aromatic N) is 2. The van der Waals surface area contributed by atoms with Crippen LogP contribution in [-0.2, 0) is 0 Å². The van der Waals surface area contributed by atoms with E-state index in [0.29, 0.717) is 5.41 Å². The van der Waals surface area contributed by atoms with Crippen LogP contribution in [0.4, 0.5) is 0 Å². The summed E-state index contributed by atoms with van der Waals surface area (Å²) < 4.78 is 0. The average Bonchev–Trinajstić information content (AvgIpc) is 2.23. The van der Waals surface area contributed by atoms with Crippen LogP contribution in [0, 0.1) is 5.41 Å². The zero-order valence-corrected chi connectivity index (χ0v) is 12.3. The highest BCUT2D eigenvalue weighted by Crippen LogP contribution is 2.34. The second-order valence-corrected chi connectivity index (χ2v) is 6.26. The Kier molecular flexibility index (Phi) is 4.99. The molecule has 3 heteroatoms. The second kappa shape index (κ2) is 5.68. The van der Waals surface area contributed by atoms with E-state index >= 15 is 0 Å². The first kappa shape index (κ1) is 14.9. The normalized spacial score (nSPS) is 27.9. The molecule has 0 aromatic heterocycles. The van der Waals surface area contributed by atoms with Crippen molar-refractivity contribution in [2.75, 3.05) is 39.8 Å². The lowest BCUT2D eigenvalue weighted by atomic mass is 9.78. The SMILES string of the molecule is CC.CN1CCC(C)(CN2CC(C)(O)C2)CC1. The molecule has 0 spiro atoms. The third-order valence-corrected chi connectivity index (χ3v) is 3.93. The third kappa shape index (κ3) is 4.23. The van der Waals surface area contributed by atoms with Gasteiger partial charge in [-0.25, -0.2) is 0 Å². The Labute approximate surface area is 107 Å². The maximum Gasteiger partial charge on any atom is 0.0872 e. The predicted molar refractivity (Wildman–Crippen MR) is 73.2 cm³/mol. The largest absolute Gasteiger partial charge is 0.388 e. The van der Waals surface area contributed by atoms with E-state index in [4.69, 9.17) is 0 Å². The first-order valence-corrected chi connectivity index (χ1v) is 7.02. The van der Waals surface area contributed by atoms with Crippen LogP contribution in [0.5, 0.6) is 0 Å². The summed E-state index contributed by atoms with van der Waals surface area (Å²) in [5.41, 5.74) is 0.0603. The Morgan fingerprint density at radius 3 is 1.94 bits per heavy atom. The van der Waals surface area contributed by atoms with E-state index in [0.717, 1.165) is 19.6 Å². The molecule has 0 aliphatic carbocycles. The molecule has 2 aliphatic rings. The minimum atomic E-state index is -0.415. The van der Waals surface area contributed by atoms with Gasteiger partial charge in [-0.2, -0.15) is 0 Å². The van der Waals surface area contributed by atoms with Crippen LogP contribution in [0.2, 0.25) is 0 Å². The highest BCUT2D eigenvalue weighted by Gasteiger charge is 2.40. The lowest BCUT2D eigenvalue weighted by molar-refractivity contribution is -0.100. The Hall–Kier alpha value is -0.120. The summed E-state index contributed by atoms with van der Waals surface area (Å²) in [4.78, 5) is 4.80. The van der Waals surface area contributed by atoms with Crippen molar-refractivity contribution in [2.24, 2.45) is 5.41 Å². The van der Waals surface area contributed by atoms with E-state index in [-0.39, 0.29) is 0 Å². The van der Waals surface area contributed by atoms with Gasteiger partial charge in [-0.1, -0.05) is 20.8 Å². The summed E-state index contributed by atoms with van der Waals surface area (Å²) in [5.74, 6) is 0. The Morgan fingerprint density at radius 1 is 1.06 bits per heavy atom. The predicted octanol–water partition coefficient (Wildman–Crippen LogP) is 1.81. The molecule has 2 rings (SSSR count). The van der Waals surface area contributed by atoms with Gasteiger partial charge in [0.05, 0.1) is 5.60 Å². The minimum absolute atomic E-state index is 0.415. The molecular formula is C14H30N2O. The number of likely N-dealkylation sites (tertiary alicyclic amines) is 2. The van der Waals surface area contributed by atoms with Crippen molar-refractivity contribution >= 4 is 0 Å².